The van der Waals surface area contributed by atoms with Crippen LogP contribution >= 0.6 is 0 Å². The molecule has 4 heterocycles. The van der Waals surface area contributed by atoms with Gasteiger partial charge in [0.05, 0.1) is 0 Å². The van der Waals surface area contributed by atoms with Gasteiger partial charge in [-0.3, -0.25) is 0 Å². The van der Waals surface area contributed by atoms with Crippen LogP contribution < -0.4 is 133 Å². The third-order valence-electron chi connectivity index (χ3n) is 20.4. The van der Waals surface area contributed by atoms with Crippen LogP contribution in [0.5, 0.6) is 46.0 Å². The van der Waals surface area contributed by atoms with Crippen LogP contribution in [0, 0.1) is 41.7 Å². The first-order valence-corrected chi connectivity index (χ1v) is 39.8. The predicted octanol–water partition coefficient (Wildman–Crippen LogP) is 16.3. The largest absolute Gasteiger partial charge is 4.00 e. The van der Waals surface area contributed by atoms with E-state index in [-0.39, 0.29) is 191 Å². The zero-order valence-corrected chi connectivity index (χ0v) is 76.7. The van der Waals surface area contributed by atoms with Crippen LogP contribution in [-0.4, -0.2) is 63.1 Å². The van der Waals surface area contributed by atoms with Gasteiger partial charge in [0.1, 0.15) is 11.5 Å². The summed E-state index contributed by atoms with van der Waals surface area (Å²) in [5, 5.41) is 110. The Hall–Kier alpha value is -7.51. The van der Waals surface area contributed by atoms with E-state index in [0.717, 1.165) is 139 Å². The number of aromatic hydroxyl groups is 2. The minimum absolute atomic E-state index is 0. The van der Waals surface area contributed by atoms with Gasteiger partial charge in [0.2, 0.25) is 0 Å². The fourth-order valence-electron chi connectivity index (χ4n) is 14.6. The third-order valence-corrected chi connectivity index (χ3v) is 20.4. The van der Waals surface area contributed by atoms with Crippen LogP contribution in [0.1, 0.15) is 90.9 Å². The fourth-order valence-corrected chi connectivity index (χ4v) is 14.6. The molecule has 20 rings (SSSR count). The minimum atomic E-state index is -0.118. The number of ether oxygens (including phenoxy) is 4. The van der Waals surface area contributed by atoms with E-state index in [1.807, 2.05) is 206 Å². The Morgan fingerprint density at radius 2 is 0.359 bits per heavy atom. The van der Waals surface area contributed by atoms with Crippen LogP contribution in [0.3, 0.4) is 0 Å². The van der Waals surface area contributed by atoms with E-state index in [1.54, 1.807) is 84.9 Å². The summed E-state index contributed by atoms with van der Waals surface area (Å²) in [6.45, 7) is 12.5. The molecule has 117 heavy (non-hydrogen) atoms. The maximum atomic E-state index is 12.5. The molecule has 0 atom stereocenters. The maximum Gasteiger partial charge on any atom is 4.00 e. The van der Waals surface area contributed by atoms with Crippen molar-refractivity contribution < 1.29 is 204 Å². The van der Waals surface area contributed by atoms with Crippen LogP contribution in [0.25, 0.3) is 131 Å². The van der Waals surface area contributed by atoms with Crippen LogP contribution in [0.4, 0.5) is 0 Å². The molecule has 0 amide bonds. The maximum absolute atomic E-state index is 12.5. The van der Waals surface area contributed by atoms with Crippen molar-refractivity contribution in [3.63, 3.8) is 0 Å². The number of phenols is 2. The zero-order chi connectivity index (χ0) is 79.4. The molecule has 0 aliphatic carbocycles. The number of benzene rings is 16. The summed E-state index contributed by atoms with van der Waals surface area (Å²) in [7, 11) is 0. The van der Waals surface area contributed by atoms with Gasteiger partial charge < -0.3 is 59.8 Å². The Morgan fingerprint density at radius 1 is 0.214 bits per heavy atom. The molecule has 4 saturated heterocycles. The average molecular weight is 1730 g/mol. The Labute approximate surface area is 805 Å². The van der Waals surface area contributed by atoms with E-state index in [0.29, 0.717) is 44.5 Å². The monoisotopic (exact) mass is 1730 g/mol. The average Bonchev–Trinajstić information content (AvgIpc) is 1.19. The summed E-state index contributed by atoms with van der Waals surface area (Å²) >= 11 is 0. The van der Waals surface area contributed by atoms with E-state index >= 15 is 0 Å². The Kier molecular flexibility index (Phi) is 38.8. The topological polar surface area (TPSA) is 216 Å². The van der Waals surface area contributed by atoms with E-state index in [9.17, 15) is 40.9 Å². The number of unbranched alkanes of at least 4 members (excludes halogenated alkanes) is 3. The Morgan fingerprint density at radius 3 is 0.504 bits per heavy atom. The molecular formula is C102H96CeK2O12. The molecule has 4 aliphatic rings. The molecule has 2 N–H and O–H groups in total. The van der Waals surface area contributed by atoms with Crippen molar-refractivity contribution in [1.29, 1.82) is 0 Å². The van der Waals surface area contributed by atoms with Gasteiger partial charge in [-0.15, -0.1) is 34.5 Å². The van der Waals surface area contributed by atoms with E-state index in [1.165, 1.54) is 77.0 Å². The second-order valence-corrected chi connectivity index (χ2v) is 28.3. The molecule has 0 unspecified atom stereocenters. The zero-order valence-electron chi connectivity index (χ0n) is 67.3. The van der Waals surface area contributed by atoms with Gasteiger partial charge >= 0.3 is 145 Å². The molecule has 0 aromatic heterocycles. The van der Waals surface area contributed by atoms with Crippen molar-refractivity contribution >= 4 is 86.2 Å². The molecule has 16 aromatic carbocycles. The van der Waals surface area contributed by atoms with Crippen molar-refractivity contribution in [2.45, 2.75) is 90.9 Å². The van der Waals surface area contributed by atoms with E-state index < -0.39 is 0 Å². The number of fused-ring (bicyclic) bond motifs is 8. The van der Waals surface area contributed by atoms with Crippen LogP contribution in [0.2, 0.25) is 0 Å². The normalized spacial score (nSPS) is 12.9. The first-order chi connectivity index (χ1) is 55.9. The van der Waals surface area contributed by atoms with Crippen LogP contribution in [-0.2, 0) is 18.9 Å². The summed E-state index contributed by atoms with van der Waals surface area (Å²) in [4.78, 5) is 0. The molecule has 12 nitrogen and oxygen atoms in total. The minimum Gasteiger partial charge on any atom is -0.872 e. The molecule has 15 heteroatoms. The molecule has 0 bridgehead atoms. The second kappa shape index (κ2) is 48.7. The van der Waals surface area contributed by atoms with Gasteiger partial charge in [-0.05, 0) is 183 Å². The van der Waals surface area contributed by atoms with E-state index in [2.05, 4.69) is 13.8 Å². The number of rotatable bonds is 7. The quantitative estimate of drug-likeness (QED) is 0.113. The fraction of sp³-hybridized carbons (Fsp3) is 0.216. The predicted molar refractivity (Wildman–Crippen MR) is 458 cm³/mol. The van der Waals surface area contributed by atoms with Gasteiger partial charge in [0, 0.05) is 64.0 Å². The summed E-state index contributed by atoms with van der Waals surface area (Å²) in [5.41, 5.74) is 4.35. The van der Waals surface area contributed by atoms with Crippen molar-refractivity contribution in [3.05, 3.63) is 291 Å². The third kappa shape index (κ3) is 24.6. The van der Waals surface area contributed by atoms with Gasteiger partial charge in [-0.25, -0.2) is 0 Å². The van der Waals surface area contributed by atoms with Crippen molar-refractivity contribution in [2.75, 3.05) is 52.9 Å². The molecule has 4 fully saturated rings. The van der Waals surface area contributed by atoms with E-state index in [4.69, 9.17) is 18.9 Å². The molecule has 582 valence electrons. The standard InChI is InChI=1S/4C20H14O2.C6H14.4C4H8O.Ce.2K/c4*21-17-11-9-13-5-1-3-7-15(13)19(17)20-16-8-4-2-6-14(16)10-12-18(20)22;1-3-5-6-4-2;4*1-2-4-5-3-1;;;/h4*1-12,21-22H;3-6H2,1-2H3;4*1-4H2;;;/q;;;;;;;;;+4;2*+1/p-6. The summed E-state index contributed by atoms with van der Waals surface area (Å²) < 4.78 is 19.8. The molecule has 4 aliphatic heterocycles. The molecule has 0 radical (unpaired) electrons. The summed E-state index contributed by atoms with van der Waals surface area (Å²) in [6.07, 6.45) is 15.8. The number of hydrogen-bond acceptors (Lipinski definition) is 12. The first-order valence-electron chi connectivity index (χ1n) is 39.8. The Balaban J connectivity index is 0.000000160. The molecule has 0 saturated carbocycles. The summed E-state index contributed by atoms with van der Waals surface area (Å²) in [5.74, 6) is -0.367. The van der Waals surface area contributed by atoms with Crippen molar-refractivity contribution in [3.8, 4) is 90.5 Å². The van der Waals surface area contributed by atoms with Gasteiger partial charge in [-0.2, -0.15) is 0 Å². The van der Waals surface area contributed by atoms with Gasteiger partial charge in [-0.1, -0.05) is 319 Å². The van der Waals surface area contributed by atoms with Crippen molar-refractivity contribution in [1.82, 2.24) is 0 Å². The van der Waals surface area contributed by atoms with Crippen molar-refractivity contribution in [2.24, 2.45) is 0 Å². The number of phenolic OH excluding ortho intramolecular Hbond substituents is 2. The Bertz CT molecular complexity index is 4770. The first kappa shape index (κ1) is 93.4. The molecular weight excluding hydrogens is 1640 g/mol. The smallest absolute Gasteiger partial charge is 0.872 e. The molecule has 0 spiro atoms. The summed E-state index contributed by atoms with van der Waals surface area (Å²) in [6, 6.07) is 88.9. The second-order valence-electron chi connectivity index (χ2n) is 28.3. The molecule has 16 aromatic rings. The number of hydrogen-bond donors (Lipinski definition) is 2. The van der Waals surface area contributed by atoms with Crippen LogP contribution in [0.15, 0.2) is 291 Å². The van der Waals surface area contributed by atoms with Gasteiger partial charge in [0.15, 0.2) is 0 Å². The SMILES string of the molecule is C1CCOC1.C1CCOC1.C1CCOC1.C1CCOC1.CCCCCC.Oc1ccc2ccccc2c1-c1c(O)ccc2ccccc12.[Ce+4].[K+].[K+].[O-]c1ccc2ccccc2c1-c1c([O-])ccc2ccccc12.[O-]c1ccc2ccccc2c1-c1c([O-])ccc2ccccc12.[O-]c1ccc2ccccc2c1-c1c([O-])ccc2ccccc12. The van der Waals surface area contributed by atoms with Gasteiger partial charge in [0.25, 0.3) is 0 Å².